The molecule has 33 heavy (non-hydrogen) atoms. The predicted molar refractivity (Wildman–Crippen MR) is 122 cm³/mol. The molecule has 1 heterocycles. The summed E-state index contributed by atoms with van der Waals surface area (Å²) < 4.78 is 25.7. The third-order valence-corrected chi connectivity index (χ3v) is 5.88. The molecule has 1 aromatic heterocycles. The number of hydrazine groups is 1. The first-order valence-corrected chi connectivity index (χ1v) is 11.3. The van der Waals surface area contributed by atoms with Crippen molar-refractivity contribution in [1.29, 1.82) is 0 Å². The largest absolute Gasteiger partial charge is 0.345 e. The number of carbonyl (C=O) groups is 1. The van der Waals surface area contributed by atoms with Crippen molar-refractivity contribution in [3.05, 3.63) is 107 Å². The number of carbonyl (C=O) groups excluding carboxylic acids is 1. The lowest BCUT2D eigenvalue weighted by Crippen LogP contribution is -2.41. The van der Waals surface area contributed by atoms with Gasteiger partial charge < -0.3 is 5.32 Å². The molecule has 0 atom stereocenters. The maximum absolute atomic E-state index is 12.3. The van der Waals surface area contributed by atoms with E-state index in [1.807, 2.05) is 30.3 Å². The Bertz CT molecular complexity index is 1400. The van der Waals surface area contributed by atoms with E-state index in [4.69, 9.17) is 0 Å². The second kappa shape index (κ2) is 9.51. The number of hydrogen-bond acceptors (Lipinski definition) is 6. The number of rotatable bonds is 8. The summed E-state index contributed by atoms with van der Waals surface area (Å²) in [6, 6.07) is 23.4. The number of hydrogen-bond donors (Lipinski definition) is 4. The smallest absolute Gasteiger partial charge is 0.324 e. The molecule has 3 aromatic carbocycles. The van der Waals surface area contributed by atoms with Crippen molar-refractivity contribution in [2.24, 2.45) is 0 Å². The van der Waals surface area contributed by atoms with Crippen LogP contribution in [-0.2, 0) is 16.6 Å². The fourth-order valence-corrected chi connectivity index (χ4v) is 3.82. The molecular formula is C22H20N6O4S. The van der Waals surface area contributed by atoms with Crippen LogP contribution in [0.15, 0.2) is 94.6 Å². The maximum Gasteiger partial charge on any atom is 0.345 e. The average Bonchev–Trinajstić information content (AvgIpc) is 3.17. The molecule has 4 rings (SSSR count). The fourth-order valence-electron chi connectivity index (χ4n) is 2.96. The third-order valence-electron chi connectivity index (χ3n) is 4.62. The van der Waals surface area contributed by atoms with E-state index in [1.165, 1.54) is 28.9 Å². The number of H-pyrrole nitrogens is 1. The summed E-state index contributed by atoms with van der Waals surface area (Å²) in [4.78, 5) is 29.1. The van der Waals surface area contributed by atoms with Gasteiger partial charge in [-0.15, -0.1) is 9.93 Å². The highest BCUT2D eigenvalue weighted by Crippen LogP contribution is 2.14. The zero-order valence-electron chi connectivity index (χ0n) is 17.2. The number of nitrogens with zero attached hydrogens (tertiary/aromatic N) is 2. The van der Waals surface area contributed by atoms with Crippen LogP contribution in [0, 0.1) is 0 Å². The van der Waals surface area contributed by atoms with E-state index >= 15 is 0 Å². The van der Waals surface area contributed by atoms with Crippen LogP contribution in [0.25, 0.3) is 0 Å². The highest BCUT2D eigenvalue weighted by Gasteiger charge is 2.15. The number of sulfonamides is 1. The number of nitrogens with one attached hydrogen (secondary N) is 4. The van der Waals surface area contributed by atoms with E-state index in [-0.39, 0.29) is 22.1 Å². The van der Waals surface area contributed by atoms with Gasteiger partial charge in [0.15, 0.2) is 0 Å². The Morgan fingerprint density at radius 1 is 0.909 bits per heavy atom. The second-order valence-electron chi connectivity index (χ2n) is 7.00. The van der Waals surface area contributed by atoms with Crippen LogP contribution in [0.1, 0.15) is 15.9 Å². The third kappa shape index (κ3) is 5.53. The Labute approximate surface area is 189 Å². The summed E-state index contributed by atoms with van der Waals surface area (Å²) in [6.07, 6.45) is 0. The van der Waals surface area contributed by atoms with Crippen molar-refractivity contribution >= 4 is 27.6 Å². The molecule has 0 aliphatic rings. The van der Waals surface area contributed by atoms with Gasteiger partial charge in [-0.2, -0.15) is 0 Å². The summed E-state index contributed by atoms with van der Waals surface area (Å²) in [5.74, 6) is -0.370. The van der Waals surface area contributed by atoms with Crippen molar-refractivity contribution < 1.29 is 13.2 Å². The van der Waals surface area contributed by atoms with Gasteiger partial charge in [-0.05, 0) is 42.0 Å². The van der Waals surface area contributed by atoms with Gasteiger partial charge in [0.1, 0.15) is 0 Å². The van der Waals surface area contributed by atoms with Gasteiger partial charge in [-0.1, -0.05) is 48.5 Å². The lowest BCUT2D eigenvalue weighted by molar-refractivity contribution is 0.0945. The van der Waals surface area contributed by atoms with Gasteiger partial charge in [0.25, 0.3) is 15.9 Å². The molecule has 11 heteroatoms. The number of aromatic nitrogens is 3. The Morgan fingerprint density at radius 3 is 2.21 bits per heavy atom. The molecule has 0 spiro atoms. The molecule has 0 aliphatic carbocycles. The molecule has 4 aromatic rings. The highest BCUT2D eigenvalue weighted by atomic mass is 32.2. The molecule has 4 N–H and O–H groups in total. The summed E-state index contributed by atoms with van der Waals surface area (Å²) in [7, 11) is -3.88. The first-order chi connectivity index (χ1) is 15.9. The molecule has 0 saturated carbocycles. The molecular weight excluding hydrogens is 444 g/mol. The topological polar surface area (TPSA) is 138 Å². The van der Waals surface area contributed by atoms with E-state index < -0.39 is 15.9 Å². The number of amides is 1. The molecule has 1 amide bonds. The molecule has 0 radical (unpaired) electrons. The van der Waals surface area contributed by atoms with E-state index in [0.29, 0.717) is 12.2 Å². The van der Waals surface area contributed by atoms with Crippen LogP contribution in [0.3, 0.4) is 0 Å². The summed E-state index contributed by atoms with van der Waals surface area (Å²) >= 11 is 0. The summed E-state index contributed by atoms with van der Waals surface area (Å²) in [5, 5.41) is 7.19. The van der Waals surface area contributed by atoms with E-state index in [2.05, 4.69) is 25.7 Å². The predicted octanol–water partition coefficient (Wildman–Crippen LogP) is 1.99. The number of anilines is 2. The van der Waals surface area contributed by atoms with E-state index in [1.54, 1.807) is 30.3 Å². The van der Waals surface area contributed by atoms with E-state index in [9.17, 15) is 18.0 Å². The normalized spacial score (nSPS) is 11.2. The molecule has 0 saturated heterocycles. The van der Waals surface area contributed by atoms with Gasteiger partial charge in [0.2, 0.25) is 5.95 Å². The molecule has 10 nitrogen and oxygen atoms in total. The van der Waals surface area contributed by atoms with Crippen molar-refractivity contribution in [3.63, 3.8) is 0 Å². The van der Waals surface area contributed by atoms with Crippen LogP contribution in [0.4, 0.5) is 11.6 Å². The fraction of sp³-hybridized carbons (Fsp3) is 0.0455. The quantitative estimate of drug-likeness (QED) is 0.294. The number of aromatic amines is 1. The van der Waals surface area contributed by atoms with Crippen LogP contribution in [-0.4, -0.2) is 29.1 Å². The molecule has 0 aliphatic heterocycles. The van der Waals surface area contributed by atoms with Gasteiger partial charge in [0.05, 0.1) is 11.4 Å². The Morgan fingerprint density at radius 2 is 1.55 bits per heavy atom. The Kier molecular flexibility index (Phi) is 6.33. The van der Waals surface area contributed by atoms with Gasteiger partial charge in [-0.25, -0.2) is 17.9 Å². The van der Waals surface area contributed by atoms with Crippen LogP contribution in [0.2, 0.25) is 0 Å². The SMILES string of the molecule is O=C(NNS(=O)(=O)c1ccccc1)c1ccc(Nc2nn(Cc3ccccc3)c(=O)[nH]2)cc1. The average molecular weight is 465 g/mol. The zero-order valence-corrected chi connectivity index (χ0v) is 18.0. The lowest BCUT2D eigenvalue weighted by atomic mass is 10.2. The Hall–Kier alpha value is -4.22. The Balaban J connectivity index is 1.37. The monoisotopic (exact) mass is 464 g/mol. The molecule has 168 valence electrons. The minimum atomic E-state index is -3.88. The molecule has 0 bridgehead atoms. The maximum atomic E-state index is 12.3. The molecule has 0 unspecified atom stereocenters. The van der Waals surface area contributed by atoms with Crippen molar-refractivity contribution in [2.75, 3.05) is 5.32 Å². The first-order valence-electron chi connectivity index (χ1n) is 9.86. The van der Waals surface area contributed by atoms with Crippen molar-refractivity contribution in [1.82, 2.24) is 25.0 Å². The van der Waals surface area contributed by atoms with Crippen LogP contribution < -0.4 is 21.3 Å². The zero-order chi connectivity index (χ0) is 23.3. The van der Waals surface area contributed by atoms with Gasteiger partial charge >= 0.3 is 5.69 Å². The second-order valence-corrected chi connectivity index (χ2v) is 8.68. The standard InChI is InChI=1S/C22H20N6O4S/c29-20(25-27-33(31,32)19-9-5-2-6-10-19)17-11-13-18(14-12-17)23-21-24-22(30)28(26-21)15-16-7-3-1-4-8-16/h1-14,27H,15H2,(H,25,29)(H2,23,24,26,30). The van der Waals surface area contributed by atoms with Crippen LogP contribution >= 0.6 is 0 Å². The molecule has 0 fully saturated rings. The minimum Gasteiger partial charge on any atom is -0.324 e. The van der Waals surface area contributed by atoms with Gasteiger partial charge in [0, 0.05) is 11.3 Å². The van der Waals surface area contributed by atoms with Crippen LogP contribution in [0.5, 0.6) is 0 Å². The van der Waals surface area contributed by atoms with E-state index in [0.717, 1.165) is 5.56 Å². The highest BCUT2D eigenvalue weighted by molar-refractivity contribution is 7.89. The first kappa shape index (κ1) is 22.0. The lowest BCUT2D eigenvalue weighted by Gasteiger charge is -2.09. The van der Waals surface area contributed by atoms with Gasteiger partial charge in [-0.3, -0.25) is 15.2 Å². The van der Waals surface area contributed by atoms with Crippen molar-refractivity contribution in [3.8, 4) is 0 Å². The van der Waals surface area contributed by atoms with Crippen molar-refractivity contribution in [2.45, 2.75) is 11.4 Å². The summed E-state index contributed by atoms with van der Waals surface area (Å²) in [5.41, 5.74) is 3.58. The summed E-state index contributed by atoms with van der Waals surface area (Å²) in [6.45, 7) is 0.329. The minimum absolute atomic E-state index is 0.0329. The number of benzene rings is 3.